The van der Waals surface area contributed by atoms with Crippen LogP contribution in [-0.4, -0.2) is 38.0 Å². The number of rotatable bonds is 5. The van der Waals surface area contributed by atoms with Crippen molar-refractivity contribution >= 4 is 15.7 Å². The van der Waals surface area contributed by atoms with E-state index in [4.69, 9.17) is 5.11 Å². The molecule has 94 valence electrons. The van der Waals surface area contributed by atoms with E-state index in [1.54, 1.807) is 24.3 Å². The molecule has 0 aromatic heterocycles. The molecule has 1 aromatic rings. The molecule has 5 nitrogen and oxygen atoms in total. The maximum absolute atomic E-state index is 11.2. The van der Waals surface area contributed by atoms with Crippen LogP contribution in [0, 0.1) is 0 Å². The van der Waals surface area contributed by atoms with Crippen LogP contribution in [0.2, 0.25) is 0 Å². The van der Waals surface area contributed by atoms with E-state index in [0.717, 1.165) is 11.8 Å². The van der Waals surface area contributed by atoms with Crippen LogP contribution in [0.1, 0.15) is 5.56 Å². The molecule has 0 heterocycles. The summed E-state index contributed by atoms with van der Waals surface area (Å²) in [7, 11) is -3.27. The van der Waals surface area contributed by atoms with Crippen molar-refractivity contribution < 1.29 is 18.3 Å². The van der Waals surface area contributed by atoms with Crippen LogP contribution in [0.5, 0.6) is 5.75 Å². The second-order valence-corrected chi connectivity index (χ2v) is 5.98. The van der Waals surface area contributed by atoms with Crippen molar-refractivity contribution in [2.24, 2.45) is 0 Å². The molecular formula is C11H15NO4S. The molecule has 6 heteroatoms. The fraction of sp³-hybridized carbons (Fsp3) is 0.364. The Kier molecular flexibility index (Phi) is 4.51. The quantitative estimate of drug-likeness (QED) is 0.783. The minimum Gasteiger partial charge on any atom is -0.508 e. The molecule has 0 aliphatic rings. The lowest BCUT2D eigenvalue weighted by Gasteiger charge is -2.04. The van der Waals surface area contributed by atoms with Gasteiger partial charge in [-0.1, -0.05) is 12.1 Å². The lowest BCUT2D eigenvalue weighted by Crippen LogP contribution is -2.31. The summed E-state index contributed by atoms with van der Waals surface area (Å²) in [6, 6.07) is 6.62. The van der Waals surface area contributed by atoms with Crippen molar-refractivity contribution in [1.29, 1.82) is 0 Å². The van der Waals surface area contributed by atoms with Crippen LogP contribution >= 0.6 is 0 Å². The van der Waals surface area contributed by atoms with E-state index in [0.29, 0.717) is 13.0 Å². The number of benzene rings is 1. The van der Waals surface area contributed by atoms with Gasteiger partial charge >= 0.3 is 0 Å². The van der Waals surface area contributed by atoms with E-state index in [-0.39, 0.29) is 5.75 Å². The van der Waals surface area contributed by atoms with Gasteiger partial charge in [0.25, 0.3) is 0 Å². The molecule has 1 amide bonds. The molecule has 0 unspecified atom stereocenters. The molecule has 0 atom stereocenters. The Labute approximate surface area is 100 Å². The first-order valence-electron chi connectivity index (χ1n) is 5.09. The highest BCUT2D eigenvalue weighted by molar-refractivity contribution is 7.91. The standard InChI is InChI=1S/C11H15NO4S/c1-17(15,16)8-11(14)12-7-6-9-2-4-10(13)5-3-9/h2-5,13H,6-8H2,1H3,(H,12,14). The van der Waals surface area contributed by atoms with Gasteiger partial charge in [0.2, 0.25) is 5.91 Å². The van der Waals surface area contributed by atoms with Crippen LogP contribution in [-0.2, 0) is 21.1 Å². The predicted octanol–water partition coefficient (Wildman–Crippen LogP) is 0.0955. The lowest BCUT2D eigenvalue weighted by molar-refractivity contribution is -0.118. The third-order valence-electron chi connectivity index (χ3n) is 2.07. The van der Waals surface area contributed by atoms with Gasteiger partial charge in [0.05, 0.1) is 0 Å². The second kappa shape index (κ2) is 5.67. The number of amides is 1. The van der Waals surface area contributed by atoms with E-state index in [1.807, 2.05) is 0 Å². The molecule has 0 aliphatic heterocycles. The summed E-state index contributed by atoms with van der Waals surface area (Å²) in [6.45, 7) is 0.374. The largest absolute Gasteiger partial charge is 0.508 e. The Bertz CT molecular complexity index is 479. The van der Waals surface area contributed by atoms with Gasteiger partial charge in [0.15, 0.2) is 9.84 Å². The van der Waals surface area contributed by atoms with Crippen LogP contribution < -0.4 is 5.32 Å². The highest BCUT2D eigenvalue weighted by Gasteiger charge is 2.09. The molecule has 0 fully saturated rings. The zero-order chi connectivity index (χ0) is 12.9. The van der Waals surface area contributed by atoms with E-state index >= 15 is 0 Å². The minimum atomic E-state index is -3.27. The average Bonchev–Trinajstić information content (AvgIpc) is 2.18. The summed E-state index contributed by atoms with van der Waals surface area (Å²) in [5, 5.41) is 11.6. The molecule has 1 aromatic carbocycles. The Morgan fingerprint density at radius 3 is 2.41 bits per heavy atom. The summed E-state index contributed by atoms with van der Waals surface area (Å²) < 4.78 is 21.6. The lowest BCUT2D eigenvalue weighted by atomic mass is 10.1. The van der Waals surface area contributed by atoms with Gasteiger partial charge in [-0.3, -0.25) is 4.79 Å². The topological polar surface area (TPSA) is 83.5 Å². The molecule has 0 saturated carbocycles. The van der Waals surface area contributed by atoms with E-state index in [1.165, 1.54) is 0 Å². The fourth-order valence-corrected chi connectivity index (χ4v) is 1.88. The summed E-state index contributed by atoms with van der Waals surface area (Å²) in [5.41, 5.74) is 0.961. The van der Waals surface area contributed by atoms with Crippen molar-refractivity contribution in [3.8, 4) is 5.75 Å². The molecule has 0 saturated heterocycles. The number of carbonyl (C=O) groups is 1. The first-order valence-corrected chi connectivity index (χ1v) is 7.15. The highest BCUT2D eigenvalue weighted by Crippen LogP contribution is 2.09. The summed E-state index contributed by atoms with van der Waals surface area (Å²) in [6.07, 6.45) is 1.61. The van der Waals surface area contributed by atoms with E-state index in [2.05, 4.69) is 5.32 Å². The van der Waals surface area contributed by atoms with Crippen molar-refractivity contribution in [3.63, 3.8) is 0 Å². The van der Waals surface area contributed by atoms with Crippen molar-refractivity contribution in [1.82, 2.24) is 5.32 Å². The average molecular weight is 257 g/mol. The zero-order valence-electron chi connectivity index (χ0n) is 9.51. The molecule has 0 bridgehead atoms. The highest BCUT2D eigenvalue weighted by atomic mass is 32.2. The number of phenols is 1. The molecule has 0 radical (unpaired) electrons. The van der Waals surface area contributed by atoms with Crippen LogP contribution in [0.4, 0.5) is 0 Å². The smallest absolute Gasteiger partial charge is 0.235 e. The molecule has 1 rings (SSSR count). The first kappa shape index (κ1) is 13.5. The van der Waals surface area contributed by atoms with Crippen molar-refractivity contribution in [2.45, 2.75) is 6.42 Å². The summed E-state index contributed by atoms with van der Waals surface area (Å²) in [4.78, 5) is 11.2. The van der Waals surface area contributed by atoms with Crippen molar-refractivity contribution in [2.75, 3.05) is 18.6 Å². The number of phenolic OH excluding ortho intramolecular Hbond substituents is 1. The Morgan fingerprint density at radius 1 is 1.29 bits per heavy atom. The maximum atomic E-state index is 11.2. The minimum absolute atomic E-state index is 0.190. The monoisotopic (exact) mass is 257 g/mol. The Morgan fingerprint density at radius 2 is 1.88 bits per heavy atom. The fourth-order valence-electron chi connectivity index (χ4n) is 1.30. The van der Waals surface area contributed by atoms with E-state index < -0.39 is 21.5 Å². The van der Waals surface area contributed by atoms with E-state index in [9.17, 15) is 13.2 Å². The van der Waals surface area contributed by atoms with Gasteiger partial charge in [-0.05, 0) is 24.1 Å². The second-order valence-electron chi connectivity index (χ2n) is 3.84. The maximum Gasteiger partial charge on any atom is 0.235 e. The molecular weight excluding hydrogens is 242 g/mol. The van der Waals surface area contributed by atoms with Gasteiger partial charge in [0.1, 0.15) is 11.5 Å². The summed E-state index contributed by atoms with van der Waals surface area (Å²) >= 11 is 0. The molecule has 17 heavy (non-hydrogen) atoms. The van der Waals surface area contributed by atoms with Crippen LogP contribution in [0.15, 0.2) is 24.3 Å². The number of nitrogens with one attached hydrogen (secondary N) is 1. The number of aromatic hydroxyl groups is 1. The Balaban J connectivity index is 2.33. The van der Waals surface area contributed by atoms with Gasteiger partial charge in [0, 0.05) is 12.8 Å². The van der Waals surface area contributed by atoms with Crippen LogP contribution in [0.3, 0.4) is 0 Å². The van der Waals surface area contributed by atoms with Gasteiger partial charge in [-0.2, -0.15) is 0 Å². The SMILES string of the molecule is CS(=O)(=O)CC(=O)NCCc1ccc(O)cc1. The Hall–Kier alpha value is -1.56. The number of sulfone groups is 1. The molecule has 0 aliphatic carbocycles. The molecule has 2 N–H and O–H groups in total. The first-order chi connectivity index (χ1) is 7.87. The van der Waals surface area contributed by atoms with Gasteiger partial charge in [-0.25, -0.2) is 8.42 Å². The number of hydrogen-bond donors (Lipinski definition) is 2. The number of hydrogen-bond acceptors (Lipinski definition) is 4. The van der Waals surface area contributed by atoms with Crippen LogP contribution in [0.25, 0.3) is 0 Å². The normalized spacial score (nSPS) is 11.1. The zero-order valence-corrected chi connectivity index (χ0v) is 10.3. The van der Waals surface area contributed by atoms with Gasteiger partial charge in [-0.15, -0.1) is 0 Å². The third-order valence-corrected chi connectivity index (χ3v) is 2.85. The number of carbonyl (C=O) groups excluding carboxylic acids is 1. The van der Waals surface area contributed by atoms with Gasteiger partial charge < -0.3 is 10.4 Å². The third kappa shape index (κ3) is 5.91. The van der Waals surface area contributed by atoms with Crippen molar-refractivity contribution in [3.05, 3.63) is 29.8 Å². The predicted molar refractivity (Wildman–Crippen MR) is 64.5 cm³/mol. The summed E-state index contributed by atoms with van der Waals surface area (Å²) in [5.74, 6) is -0.788. The molecule has 0 spiro atoms.